The Hall–Kier alpha value is -1.45. The van der Waals surface area contributed by atoms with Gasteiger partial charge >= 0.3 is 6.18 Å². The first-order chi connectivity index (χ1) is 11.7. The summed E-state index contributed by atoms with van der Waals surface area (Å²) in [6.45, 7) is 0. The highest BCUT2D eigenvalue weighted by atomic mass is 32.2. The molecule has 138 valence electrons. The molecule has 1 aliphatic rings. The molecule has 3 rings (SSSR count). The van der Waals surface area contributed by atoms with Crippen molar-refractivity contribution < 1.29 is 17.4 Å². The van der Waals surface area contributed by atoms with Gasteiger partial charge in [0, 0.05) is 26.1 Å². The number of aromatic nitrogens is 2. The Bertz CT molecular complexity index is 766. The maximum atomic E-state index is 12.8. The largest absolute Gasteiger partial charge is 0.416 e. The highest BCUT2D eigenvalue weighted by Crippen LogP contribution is 2.34. The number of fused-ring (bicyclic) bond motifs is 1. The molecule has 2 N–H and O–H groups in total. The first kappa shape index (κ1) is 18.3. The van der Waals surface area contributed by atoms with Crippen LogP contribution in [0.15, 0.2) is 18.2 Å². The van der Waals surface area contributed by atoms with Gasteiger partial charge in [0.15, 0.2) is 11.2 Å². The Kier molecular flexibility index (Phi) is 5.17. The zero-order chi connectivity index (χ0) is 18.2. The number of H-pyrrole nitrogens is 1. The quantitative estimate of drug-likeness (QED) is 0.862. The van der Waals surface area contributed by atoms with Crippen molar-refractivity contribution in [3.05, 3.63) is 29.6 Å². The van der Waals surface area contributed by atoms with E-state index in [0.29, 0.717) is 11.0 Å². The number of halogens is 3. The molecule has 2 aromatic rings. The van der Waals surface area contributed by atoms with E-state index in [4.69, 9.17) is 0 Å². The second kappa shape index (κ2) is 7.05. The topological polar surface area (TPSA) is 61.0 Å². The highest BCUT2D eigenvalue weighted by molar-refractivity contribution is 7.80. The van der Waals surface area contributed by atoms with Crippen molar-refractivity contribution in [2.45, 2.75) is 43.8 Å². The standard InChI is InChI=1S/C16H21F3N4OS/c1-23(2)25(24)22-12-6-3-10(4-7-12)15-20-13-8-5-11(16(17,18)19)9-14(13)21-15/h5,8-10,12,22H,3-4,6-7H2,1-2H3,(H,20,21). The number of imidazole rings is 1. The molecule has 0 saturated heterocycles. The summed E-state index contributed by atoms with van der Waals surface area (Å²) < 4.78 is 54.9. The third-order valence-corrected chi connectivity index (χ3v) is 5.74. The van der Waals surface area contributed by atoms with Gasteiger partial charge in [0.1, 0.15) is 5.82 Å². The van der Waals surface area contributed by atoms with Crippen molar-refractivity contribution in [2.24, 2.45) is 0 Å². The number of nitrogens with zero attached hydrogens (tertiary/aromatic N) is 2. The first-order valence-corrected chi connectivity index (χ1v) is 9.27. The number of alkyl halides is 3. The molecule has 1 atom stereocenters. The molecule has 0 bridgehead atoms. The molecule has 0 aliphatic heterocycles. The molecule has 9 heteroatoms. The predicted molar refractivity (Wildman–Crippen MR) is 91.1 cm³/mol. The van der Waals surface area contributed by atoms with E-state index in [9.17, 15) is 17.4 Å². The highest BCUT2D eigenvalue weighted by Gasteiger charge is 2.31. The van der Waals surface area contributed by atoms with Gasteiger partial charge in [0.05, 0.1) is 16.6 Å². The van der Waals surface area contributed by atoms with E-state index in [1.54, 1.807) is 18.4 Å². The summed E-state index contributed by atoms with van der Waals surface area (Å²) in [6, 6.07) is 3.76. The van der Waals surface area contributed by atoms with E-state index < -0.39 is 22.9 Å². The van der Waals surface area contributed by atoms with Gasteiger partial charge in [-0.1, -0.05) is 0 Å². The molecule has 0 radical (unpaired) electrons. The Morgan fingerprint density at radius 2 is 1.92 bits per heavy atom. The molecule has 1 saturated carbocycles. The summed E-state index contributed by atoms with van der Waals surface area (Å²) in [7, 11) is 3.50. The van der Waals surface area contributed by atoms with Gasteiger partial charge in [-0.25, -0.2) is 18.2 Å². The molecular formula is C16H21F3N4OS. The van der Waals surface area contributed by atoms with E-state index in [1.165, 1.54) is 6.07 Å². The lowest BCUT2D eigenvalue weighted by molar-refractivity contribution is -0.137. The van der Waals surface area contributed by atoms with Crippen LogP contribution in [-0.4, -0.2) is 38.6 Å². The van der Waals surface area contributed by atoms with Crippen molar-refractivity contribution in [3.8, 4) is 0 Å². The van der Waals surface area contributed by atoms with E-state index in [-0.39, 0.29) is 12.0 Å². The van der Waals surface area contributed by atoms with E-state index in [0.717, 1.165) is 43.6 Å². The van der Waals surface area contributed by atoms with Crippen LogP contribution in [0, 0.1) is 0 Å². The fraction of sp³-hybridized carbons (Fsp3) is 0.562. The van der Waals surface area contributed by atoms with E-state index >= 15 is 0 Å². The van der Waals surface area contributed by atoms with Crippen molar-refractivity contribution in [2.75, 3.05) is 14.1 Å². The summed E-state index contributed by atoms with van der Waals surface area (Å²) in [5, 5.41) is 0. The fourth-order valence-corrected chi connectivity index (χ4v) is 3.86. The monoisotopic (exact) mass is 374 g/mol. The van der Waals surface area contributed by atoms with Crippen molar-refractivity contribution in [3.63, 3.8) is 0 Å². The molecule has 1 aromatic carbocycles. The van der Waals surface area contributed by atoms with Crippen LogP contribution >= 0.6 is 0 Å². The molecule has 1 unspecified atom stereocenters. The van der Waals surface area contributed by atoms with Gasteiger partial charge in [-0.05, 0) is 43.9 Å². The van der Waals surface area contributed by atoms with Gasteiger partial charge in [-0.15, -0.1) is 0 Å². The fourth-order valence-electron chi connectivity index (χ4n) is 3.13. The van der Waals surface area contributed by atoms with Crippen LogP contribution in [0.1, 0.15) is 43.0 Å². The van der Waals surface area contributed by atoms with Crippen LogP contribution in [0.4, 0.5) is 13.2 Å². The third-order valence-electron chi connectivity index (χ3n) is 4.54. The van der Waals surface area contributed by atoms with Crippen LogP contribution < -0.4 is 4.72 Å². The summed E-state index contributed by atoms with van der Waals surface area (Å²) in [5.74, 6) is 0.925. The van der Waals surface area contributed by atoms with Gasteiger partial charge < -0.3 is 4.98 Å². The minimum absolute atomic E-state index is 0.181. The van der Waals surface area contributed by atoms with Gasteiger partial charge in [0.2, 0.25) is 0 Å². The molecule has 1 fully saturated rings. The Balaban J connectivity index is 1.68. The van der Waals surface area contributed by atoms with Gasteiger partial charge in [-0.3, -0.25) is 0 Å². The molecule has 5 nitrogen and oxygen atoms in total. The van der Waals surface area contributed by atoms with Gasteiger partial charge in [0.25, 0.3) is 0 Å². The Morgan fingerprint density at radius 3 is 2.52 bits per heavy atom. The van der Waals surface area contributed by atoms with Crippen molar-refractivity contribution in [1.82, 2.24) is 19.0 Å². The SMILES string of the molecule is CN(C)S(=O)NC1CCC(c2nc3ccc(C(F)(F)F)cc3[nH]2)CC1. The zero-order valence-corrected chi connectivity index (χ0v) is 14.9. The predicted octanol–water partition coefficient (Wildman–Crippen LogP) is 3.34. The summed E-state index contributed by atoms with van der Waals surface area (Å²) in [6.07, 6.45) is -0.933. The lowest BCUT2D eigenvalue weighted by Crippen LogP contribution is -2.39. The first-order valence-electron chi connectivity index (χ1n) is 8.16. The summed E-state index contributed by atoms with van der Waals surface area (Å²) >= 11 is -1.20. The number of hydrogen-bond acceptors (Lipinski definition) is 2. The number of benzene rings is 1. The molecule has 1 heterocycles. The molecule has 25 heavy (non-hydrogen) atoms. The second-order valence-electron chi connectivity index (χ2n) is 6.58. The van der Waals surface area contributed by atoms with Crippen LogP contribution in [0.25, 0.3) is 11.0 Å². The lowest BCUT2D eigenvalue weighted by atomic mass is 9.86. The Labute approximate surface area is 146 Å². The summed E-state index contributed by atoms with van der Waals surface area (Å²) in [4.78, 5) is 7.51. The average Bonchev–Trinajstić information content (AvgIpc) is 2.97. The summed E-state index contributed by atoms with van der Waals surface area (Å²) in [5.41, 5.74) is 0.296. The van der Waals surface area contributed by atoms with E-state index in [1.807, 2.05) is 0 Å². The van der Waals surface area contributed by atoms with E-state index in [2.05, 4.69) is 14.7 Å². The Morgan fingerprint density at radius 1 is 1.24 bits per heavy atom. The second-order valence-corrected chi connectivity index (χ2v) is 8.04. The number of nitrogens with one attached hydrogen (secondary N) is 2. The third kappa shape index (κ3) is 4.21. The minimum Gasteiger partial charge on any atom is -0.342 e. The smallest absolute Gasteiger partial charge is 0.342 e. The van der Waals surface area contributed by atoms with Crippen LogP contribution in [0.2, 0.25) is 0 Å². The zero-order valence-electron chi connectivity index (χ0n) is 14.1. The number of hydrogen-bond donors (Lipinski definition) is 2. The van der Waals surface area contributed by atoms with Crippen molar-refractivity contribution >= 4 is 22.2 Å². The molecule has 1 aliphatic carbocycles. The number of aromatic amines is 1. The van der Waals surface area contributed by atoms with Crippen LogP contribution in [0.5, 0.6) is 0 Å². The maximum absolute atomic E-state index is 12.8. The van der Waals surface area contributed by atoms with Gasteiger partial charge in [-0.2, -0.15) is 13.2 Å². The molecule has 0 spiro atoms. The van der Waals surface area contributed by atoms with Crippen LogP contribution in [0.3, 0.4) is 0 Å². The van der Waals surface area contributed by atoms with Crippen molar-refractivity contribution in [1.29, 1.82) is 0 Å². The lowest BCUT2D eigenvalue weighted by Gasteiger charge is -2.28. The minimum atomic E-state index is -4.36. The molecule has 1 aromatic heterocycles. The molecule has 0 amide bonds. The normalized spacial score (nSPS) is 23.3. The average molecular weight is 374 g/mol. The molecular weight excluding hydrogens is 353 g/mol. The van der Waals surface area contributed by atoms with Crippen LogP contribution in [-0.2, 0) is 17.3 Å². The maximum Gasteiger partial charge on any atom is 0.416 e. The number of rotatable bonds is 4.